The van der Waals surface area contributed by atoms with Gasteiger partial charge in [-0.2, -0.15) is 0 Å². The molecule has 4 rings (SSSR count). The number of carbonyl (C=O) groups is 3. The third-order valence-electron chi connectivity index (χ3n) is 5.80. The number of imide groups is 1. The van der Waals surface area contributed by atoms with E-state index in [1.54, 1.807) is 66.5 Å². The van der Waals surface area contributed by atoms with Crippen LogP contribution in [0.4, 0.5) is 21.0 Å². The van der Waals surface area contributed by atoms with E-state index in [1.807, 2.05) is 6.07 Å². The van der Waals surface area contributed by atoms with Crippen molar-refractivity contribution in [2.75, 3.05) is 44.1 Å². The van der Waals surface area contributed by atoms with E-state index in [-0.39, 0.29) is 30.6 Å². The van der Waals surface area contributed by atoms with Crippen molar-refractivity contribution < 1.29 is 23.9 Å². The molecule has 0 spiro atoms. The van der Waals surface area contributed by atoms with Crippen LogP contribution in [0.5, 0.6) is 11.5 Å². The van der Waals surface area contributed by atoms with Gasteiger partial charge >= 0.3 is 12.1 Å². The van der Waals surface area contributed by atoms with Gasteiger partial charge in [0.25, 0.3) is 5.91 Å². The maximum atomic E-state index is 12.9. The highest BCUT2D eigenvalue weighted by Gasteiger charge is 2.41. The number of rotatable bonds is 5. The van der Waals surface area contributed by atoms with E-state index in [4.69, 9.17) is 9.47 Å². The van der Waals surface area contributed by atoms with Gasteiger partial charge in [0.2, 0.25) is 0 Å². The first-order valence-corrected chi connectivity index (χ1v) is 10.5. The van der Waals surface area contributed by atoms with Crippen LogP contribution in [-0.4, -0.2) is 67.7 Å². The Bertz CT molecular complexity index is 982. The number of amides is 5. The summed E-state index contributed by atoms with van der Waals surface area (Å²) in [5.41, 5.74) is 1.16. The Morgan fingerprint density at radius 2 is 1.59 bits per heavy atom. The molecule has 0 aromatic heterocycles. The van der Waals surface area contributed by atoms with Gasteiger partial charge in [0.1, 0.15) is 18.0 Å². The highest BCUT2D eigenvalue weighted by Crippen LogP contribution is 2.28. The van der Waals surface area contributed by atoms with Gasteiger partial charge in [0, 0.05) is 43.0 Å². The number of para-hydroxylation sites is 1. The zero-order chi connectivity index (χ0) is 22.7. The smallest absolute Gasteiger partial charge is 0.332 e. The largest absolute Gasteiger partial charge is 0.497 e. The van der Waals surface area contributed by atoms with Crippen LogP contribution in [0.3, 0.4) is 0 Å². The van der Waals surface area contributed by atoms with Crippen molar-refractivity contribution in [2.24, 2.45) is 0 Å². The molecule has 2 aromatic rings. The van der Waals surface area contributed by atoms with Gasteiger partial charge in [0.05, 0.1) is 19.9 Å². The lowest BCUT2D eigenvalue weighted by Crippen LogP contribution is -2.49. The Labute approximate surface area is 186 Å². The Kier molecular flexibility index (Phi) is 6.16. The third-order valence-corrected chi connectivity index (χ3v) is 5.80. The second-order valence-corrected chi connectivity index (χ2v) is 7.72. The Balaban J connectivity index is 1.36. The highest BCUT2D eigenvalue weighted by atomic mass is 16.5. The topological polar surface area (TPSA) is 91.4 Å². The fourth-order valence-corrected chi connectivity index (χ4v) is 4.10. The van der Waals surface area contributed by atoms with Crippen LogP contribution in [0.25, 0.3) is 0 Å². The minimum atomic E-state index is -0.299. The number of piperidine rings is 1. The zero-order valence-electron chi connectivity index (χ0n) is 18.1. The molecule has 5 amide bonds. The molecule has 0 radical (unpaired) electrons. The number of methoxy groups -OCH3 is 2. The van der Waals surface area contributed by atoms with Crippen LogP contribution >= 0.6 is 0 Å². The molecular formula is C23H26N4O5. The number of hydrogen-bond donors (Lipinski definition) is 1. The van der Waals surface area contributed by atoms with E-state index >= 15 is 0 Å². The fraction of sp³-hybridized carbons (Fsp3) is 0.348. The molecule has 0 atom stereocenters. The van der Waals surface area contributed by atoms with Crippen LogP contribution in [0.15, 0.2) is 48.5 Å². The number of likely N-dealkylation sites (tertiary alicyclic amines) is 1. The van der Waals surface area contributed by atoms with Gasteiger partial charge in [-0.1, -0.05) is 18.2 Å². The van der Waals surface area contributed by atoms with Crippen LogP contribution in [0, 0.1) is 0 Å². The van der Waals surface area contributed by atoms with Gasteiger partial charge in [-0.25, -0.2) is 14.5 Å². The summed E-state index contributed by atoms with van der Waals surface area (Å²) in [7, 11) is 3.10. The molecule has 32 heavy (non-hydrogen) atoms. The Morgan fingerprint density at radius 3 is 2.19 bits per heavy atom. The molecule has 0 saturated carbocycles. The van der Waals surface area contributed by atoms with Crippen molar-refractivity contribution in [3.63, 3.8) is 0 Å². The molecule has 2 heterocycles. The third kappa shape index (κ3) is 4.32. The van der Waals surface area contributed by atoms with Crippen LogP contribution < -0.4 is 19.7 Å². The van der Waals surface area contributed by atoms with E-state index in [2.05, 4.69) is 5.32 Å². The summed E-state index contributed by atoms with van der Waals surface area (Å²) in [4.78, 5) is 42.7. The number of ether oxygens (including phenoxy) is 2. The van der Waals surface area contributed by atoms with Crippen molar-refractivity contribution in [1.29, 1.82) is 0 Å². The summed E-state index contributed by atoms with van der Waals surface area (Å²) in [6.45, 7) is 1.04. The fourth-order valence-electron chi connectivity index (χ4n) is 4.10. The summed E-state index contributed by atoms with van der Waals surface area (Å²) in [5, 5.41) is 2.87. The minimum Gasteiger partial charge on any atom is -0.497 e. The molecule has 2 aliphatic heterocycles. The summed E-state index contributed by atoms with van der Waals surface area (Å²) in [6, 6.07) is 13.5. The van der Waals surface area contributed by atoms with E-state index in [0.717, 1.165) is 0 Å². The van der Waals surface area contributed by atoms with Gasteiger partial charge in [-0.3, -0.25) is 4.79 Å². The lowest BCUT2D eigenvalue weighted by atomic mass is 10.0. The standard InChI is InChI=1S/C23H26N4O5/c1-31-19-12-16(13-20(14-19)32-2)24-22(29)25-10-8-17(9-11-25)26-15-21(28)27(23(26)30)18-6-4-3-5-7-18/h3-7,12-14,17H,8-11,15H2,1-2H3,(H,24,29). The van der Waals surface area contributed by atoms with Crippen LogP contribution in [0.2, 0.25) is 0 Å². The zero-order valence-corrected chi connectivity index (χ0v) is 18.1. The molecule has 2 aliphatic rings. The highest BCUT2D eigenvalue weighted by molar-refractivity contribution is 6.19. The predicted molar refractivity (Wildman–Crippen MR) is 119 cm³/mol. The summed E-state index contributed by atoms with van der Waals surface area (Å²) in [6.07, 6.45) is 1.22. The number of carbonyl (C=O) groups excluding carboxylic acids is 3. The summed E-state index contributed by atoms with van der Waals surface area (Å²) in [5.74, 6) is 0.936. The molecule has 1 N–H and O–H groups in total. The lowest BCUT2D eigenvalue weighted by Gasteiger charge is -2.36. The van der Waals surface area contributed by atoms with Gasteiger partial charge in [0.15, 0.2) is 0 Å². The predicted octanol–water partition coefficient (Wildman–Crippen LogP) is 3.17. The maximum Gasteiger partial charge on any atom is 0.332 e. The lowest BCUT2D eigenvalue weighted by molar-refractivity contribution is -0.116. The first-order valence-electron chi connectivity index (χ1n) is 10.5. The summed E-state index contributed by atoms with van der Waals surface area (Å²) < 4.78 is 10.5. The number of urea groups is 2. The summed E-state index contributed by atoms with van der Waals surface area (Å²) >= 11 is 0. The molecule has 2 aromatic carbocycles. The molecule has 0 bridgehead atoms. The molecule has 0 unspecified atom stereocenters. The normalized spacial score (nSPS) is 17.0. The van der Waals surface area contributed by atoms with Crippen molar-refractivity contribution in [3.05, 3.63) is 48.5 Å². The molecule has 0 aliphatic carbocycles. The van der Waals surface area contributed by atoms with E-state index in [1.165, 1.54) is 4.90 Å². The Hall–Kier alpha value is -3.75. The second kappa shape index (κ2) is 9.17. The Morgan fingerprint density at radius 1 is 0.969 bits per heavy atom. The quantitative estimate of drug-likeness (QED) is 0.724. The molecule has 2 saturated heterocycles. The van der Waals surface area contributed by atoms with E-state index in [0.29, 0.717) is 48.8 Å². The number of anilines is 2. The number of benzene rings is 2. The average Bonchev–Trinajstić information content (AvgIpc) is 3.13. The number of nitrogens with zero attached hydrogens (tertiary/aromatic N) is 3. The van der Waals surface area contributed by atoms with Crippen LogP contribution in [0.1, 0.15) is 12.8 Å². The number of hydrogen-bond acceptors (Lipinski definition) is 5. The van der Waals surface area contributed by atoms with Crippen molar-refractivity contribution in [1.82, 2.24) is 9.80 Å². The van der Waals surface area contributed by atoms with Crippen molar-refractivity contribution >= 4 is 29.3 Å². The molecule has 2 fully saturated rings. The van der Waals surface area contributed by atoms with E-state index in [9.17, 15) is 14.4 Å². The van der Waals surface area contributed by atoms with Gasteiger partial charge < -0.3 is 24.6 Å². The SMILES string of the molecule is COc1cc(NC(=O)N2CCC(N3CC(=O)N(c4ccccc4)C3=O)CC2)cc(OC)c1. The molecule has 168 valence electrons. The van der Waals surface area contributed by atoms with E-state index < -0.39 is 0 Å². The average molecular weight is 438 g/mol. The van der Waals surface area contributed by atoms with Crippen LogP contribution in [-0.2, 0) is 4.79 Å². The first-order chi connectivity index (χ1) is 15.5. The molecule has 9 nitrogen and oxygen atoms in total. The molecule has 9 heteroatoms. The number of nitrogens with one attached hydrogen (secondary N) is 1. The second-order valence-electron chi connectivity index (χ2n) is 7.72. The maximum absolute atomic E-state index is 12.9. The van der Waals surface area contributed by atoms with Crippen molar-refractivity contribution in [2.45, 2.75) is 18.9 Å². The molecular weight excluding hydrogens is 412 g/mol. The van der Waals surface area contributed by atoms with Crippen molar-refractivity contribution in [3.8, 4) is 11.5 Å². The minimum absolute atomic E-state index is 0.0637. The first kappa shape index (κ1) is 21.5. The monoisotopic (exact) mass is 438 g/mol. The van der Waals surface area contributed by atoms with Gasteiger partial charge in [-0.05, 0) is 25.0 Å². The van der Waals surface area contributed by atoms with Gasteiger partial charge in [-0.15, -0.1) is 0 Å².